The highest BCUT2D eigenvalue weighted by Crippen LogP contribution is 2.29. The summed E-state index contributed by atoms with van der Waals surface area (Å²) < 4.78 is 7.11. The van der Waals surface area contributed by atoms with E-state index in [9.17, 15) is 9.59 Å². The Kier molecular flexibility index (Phi) is 4.24. The monoisotopic (exact) mass is 355 g/mol. The number of carbonyl (C=O) groups is 2. The van der Waals surface area contributed by atoms with Crippen LogP contribution in [0.2, 0.25) is 0 Å². The highest BCUT2D eigenvalue weighted by atomic mass is 16.5. The molecule has 0 bridgehead atoms. The molecular weight excluding hydrogens is 334 g/mol. The molecule has 1 aromatic carbocycles. The van der Waals surface area contributed by atoms with Gasteiger partial charge in [-0.15, -0.1) is 0 Å². The number of carboxylic acid groups (broad SMARTS) is 1. The second-order valence-corrected chi connectivity index (χ2v) is 6.77. The predicted octanol–water partition coefficient (Wildman–Crippen LogP) is 1.60. The maximum absolute atomic E-state index is 13.1. The van der Waals surface area contributed by atoms with E-state index in [1.54, 1.807) is 4.90 Å². The number of nitrogens with zero attached hydrogens (tertiary/aromatic N) is 3. The third-order valence-corrected chi connectivity index (χ3v) is 5.11. The molecule has 0 saturated carbocycles. The Balaban J connectivity index is 1.69. The van der Waals surface area contributed by atoms with Crippen LogP contribution < -0.4 is 0 Å². The SMILES string of the molecule is Cc1ccccc1-n1nc(C(=O)N2CCO[C@@H](C(=O)O)C2)c2c1CCC2. The second-order valence-electron chi connectivity index (χ2n) is 6.77. The van der Waals surface area contributed by atoms with Crippen molar-refractivity contribution in [3.8, 4) is 5.69 Å². The van der Waals surface area contributed by atoms with Crippen molar-refractivity contribution in [2.75, 3.05) is 19.7 Å². The summed E-state index contributed by atoms with van der Waals surface area (Å²) in [5.74, 6) is -1.25. The summed E-state index contributed by atoms with van der Waals surface area (Å²) in [6, 6.07) is 7.98. The summed E-state index contributed by atoms with van der Waals surface area (Å²) in [7, 11) is 0. The molecule has 1 aliphatic carbocycles. The van der Waals surface area contributed by atoms with Crippen molar-refractivity contribution in [1.29, 1.82) is 0 Å². The molecule has 7 nitrogen and oxygen atoms in total. The number of morpholine rings is 1. The Morgan fingerprint density at radius 1 is 1.27 bits per heavy atom. The first-order valence-electron chi connectivity index (χ1n) is 8.86. The van der Waals surface area contributed by atoms with Gasteiger partial charge in [0.25, 0.3) is 5.91 Å². The Bertz CT molecular complexity index is 874. The summed E-state index contributed by atoms with van der Waals surface area (Å²) in [5, 5.41) is 13.8. The van der Waals surface area contributed by atoms with E-state index in [2.05, 4.69) is 5.10 Å². The normalized spacial score (nSPS) is 19.4. The van der Waals surface area contributed by atoms with Crippen LogP contribution in [-0.2, 0) is 22.4 Å². The molecular formula is C19H21N3O4. The van der Waals surface area contributed by atoms with Crippen molar-refractivity contribution in [2.45, 2.75) is 32.3 Å². The molecule has 2 aromatic rings. The molecule has 4 rings (SSSR count). The average molecular weight is 355 g/mol. The lowest BCUT2D eigenvalue weighted by Gasteiger charge is -2.30. The van der Waals surface area contributed by atoms with Gasteiger partial charge in [-0.25, -0.2) is 9.48 Å². The van der Waals surface area contributed by atoms with E-state index in [-0.39, 0.29) is 19.1 Å². The molecule has 0 radical (unpaired) electrons. The van der Waals surface area contributed by atoms with Gasteiger partial charge in [0, 0.05) is 17.8 Å². The van der Waals surface area contributed by atoms with Crippen LogP contribution in [-0.4, -0.2) is 57.5 Å². The van der Waals surface area contributed by atoms with E-state index < -0.39 is 12.1 Å². The number of carbonyl (C=O) groups excluding carboxylic acids is 1. The molecule has 2 aliphatic rings. The molecule has 26 heavy (non-hydrogen) atoms. The van der Waals surface area contributed by atoms with Gasteiger partial charge in [-0.05, 0) is 37.8 Å². The molecule has 1 amide bonds. The number of benzene rings is 1. The first-order valence-corrected chi connectivity index (χ1v) is 8.86. The predicted molar refractivity (Wildman–Crippen MR) is 93.6 cm³/mol. The Hall–Kier alpha value is -2.67. The van der Waals surface area contributed by atoms with E-state index in [0.29, 0.717) is 12.2 Å². The van der Waals surface area contributed by atoms with Crippen molar-refractivity contribution >= 4 is 11.9 Å². The van der Waals surface area contributed by atoms with Gasteiger partial charge in [0.15, 0.2) is 11.8 Å². The van der Waals surface area contributed by atoms with Crippen LogP contribution in [0.3, 0.4) is 0 Å². The van der Waals surface area contributed by atoms with Crippen LogP contribution in [0, 0.1) is 6.92 Å². The van der Waals surface area contributed by atoms with Crippen molar-refractivity contribution in [3.63, 3.8) is 0 Å². The number of carboxylic acids is 1. The molecule has 1 aliphatic heterocycles. The van der Waals surface area contributed by atoms with Gasteiger partial charge >= 0.3 is 5.97 Å². The first kappa shape index (κ1) is 16.8. The number of fused-ring (bicyclic) bond motifs is 1. The molecule has 0 spiro atoms. The molecule has 2 heterocycles. The lowest BCUT2D eigenvalue weighted by molar-refractivity contribution is -0.154. The molecule has 1 saturated heterocycles. The smallest absolute Gasteiger partial charge is 0.334 e. The molecule has 7 heteroatoms. The van der Waals surface area contributed by atoms with Crippen LogP contribution in [0.25, 0.3) is 5.69 Å². The van der Waals surface area contributed by atoms with E-state index in [4.69, 9.17) is 9.84 Å². The fourth-order valence-electron chi connectivity index (χ4n) is 3.74. The zero-order valence-corrected chi connectivity index (χ0v) is 14.6. The number of aliphatic carboxylic acids is 1. The van der Waals surface area contributed by atoms with Crippen LogP contribution in [0.5, 0.6) is 0 Å². The van der Waals surface area contributed by atoms with Crippen molar-refractivity contribution in [2.24, 2.45) is 0 Å². The number of ether oxygens (including phenoxy) is 1. The lowest BCUT2D eigenvalue weighted by atomic mass is 10.1. The number of rotatable bonds is 3. The van der Waals surface area contributed by atoms with Crippen LogP contribution in [0.4, 0.5) is 0 Å². The minimum absolute atomic E-state index is 0.0557. The fourth-order valence-corrected chi connectivity index (χ4v) is 3.74. The maximum atomic E-state index is 13.1. The quantitative estimate of drug-likeness (QED) is 0.904. The number of hydrogen-bond acceptors (Lipinski definition) is 4. The number of para-hydroxylation sites is 1. The molecule has 1 atom stereocenters. The van der Waals surface area contributed by atoms with Gasteiger partial charge in [0.2, 0.25) is 0 Å². The van der Waals surface area contributed by atoms with Gasteiger partial charge in [-0.1, -0.05) is 18.2 Å². The van der Waals surface area contributed by atoms with E-state index >= 15 is 0 Å². The van der Waals surface area contributed by atoms with Crippen molar-refractivity contribution < 1.29 is 19.4 Å². The minimum Gasteiger partial charge on any atom is -0.479 e. The minimum atomic E-state index is -1.04. The Morgan fingerprint density at radius 2 is 2.08 bits per heavy atom. The number of aryl methyl sites for hydroxylation is 1. The summed E-state index contributed by atoms with van der Waals surface area (Å²) >= 11 is 0. The zero-order chi connectivity index (χ0) is 18.3. The average Bonchev–Trinajstić information content (AvgIpc) is 3.24. The van der Waals surface area contributed by atoms with E-state index in [0.717, 1.165) is 41.8 Å². The van der Waals surface area contributed by atoms with E-state index in [1.165, 1.54) is 0 Å². The highest BCUT2D eigenvalue weighted by Gasteiger charge is 2.34. The van der Waals surface area contributed by atoms with E-state index in [1.807, 2.05) is 35.9 Å². The largest absolute Gasteiger partial charge is 0.479 e. The Labute approximate surface area is 151 Å². The summed E-state index contributed by atoms with van der Waals surface area (Å²) in [6.07, 6.45) is 1.75. The third-order valence-electron chi connectivity index (χ3n) is 5.11. The number of hydrogen-bond donors (Lipinski definition) is 1. The van der Waals surface area contributed by atoms with Crippen LogP contribution in [0.1, 0.15) is 33.7 Å². The standard InChI is InChI=1S/C19H21N3O4/c1-12-5-2-3-7-14(12)22-15-8-4-6-13(15)17(20-22)18(23)21-9-10-26-16(11-21)19(24)25/h2-3,5,7,16H,4,6,8-11H2,1H3,(H,24,25)/t16-/m1/s1. The molecule has 1 fully saturated rings. The number of aromatic nitrogens is 2. The van der Waals surface area contributed by atoms with Crippen molar-refractivity contribution in [3.05, 3.63) is 46.8 Å². The van der Waals surface area contributed by atoms with Gasteiger partial charge in [0.05, 0.1) is 18.8 Å². The summed E-state index contributed by atoms with van der Waals surface area (Å²) in [6.45, 7) is 2.69. The van der Waals surface area contributed by atoms with Crippen LogP contribution in [0.15, 0.2) is 24.3 Å². The lowest BCUT2D eigenvalue weighted by Crippen LogP contribution is -2.48. The fraction of sp³-hybridized carbons (Fsp3) is 0.421. The maximum Gasteiger partial charge on any atom is 0.334 e. The molecule has 0 unspecified atom stereocenters. The Morgan fingerprint density at radius 3 is 2.85 bits per heavy atom. The van der Waals surface area contributed by atoms with Gasteiger partial charge in [-0.3, -0.25) is 4.79 Å². The van der Waals surface area contributed by atoms with Crippen LogP contribution >= 0.6 is 0 Å². The van der Waals surface area contributed by atoms with Gasteiger partial charge in [-0.2, -0.15) is 5.10 Å². The molecule has 136 valence electrons. The zero-order valence-electron chi connectivity index (χ0n) is 14.6. The molecule has 1 N–H and O–H groups in total. The van der Waals surface area contributed by atoms with Gasteiger partial charge < -0.3 is 14.7 Å². The second kappa shape index (κ2) is 6.57. The summed E-state index contributed by atoms with van der Waals surface area (Å²) in [4.78, 5) is 25.8. The molecule has 1 aromatic heterocycles. The number of amides is 1. The third kappa shape index (κ3) is 2.78. The first-order chi connectivity index (χ1) is 12.6. The highest BCUT2D eigenvalue weighted by molar-refractivity contribution is 5.94. The van der Waals surface area contributed by atoms with Crippen molar-refractivity contribution in [1.82, 2.24) is 14.7 Å². The summed E-state index contributed by atoms with van der Waals surface area (Å²) in [5.41, 5.74) is 4.62. The topological polar surface area (TPSA) is 84.7 Å². The van der Waals surface area contributed by atoms with Gasteiger partial charge in [0.1, 0.15) is 0 Å².